The Labute approximate surface area is 215 Å². The lowest BCUT2D eigenvalue weighted by Gasteiger charge is -2.12. The van der Waals surface area contributed by atoms with Crippen LogP contribution in [0.3, 0.4) is 0 Å². The molecule has 1 aromatic heterocycles. The first kappa shape index (κ1) is 23.6. The number of benzene rings is 4. The van der Waals surface area contributed by atoms with Gasteiger partial charge in [0.1, 0.15) is 0 Å². The van der Waals surface area contributed by atoms with Gasteiger partial charge in [0.05, 0.1) is 5.69 Å². The van der Waals surface area contributed by atoms with E-state index in [9.17, 15) is 4.79 Å². The van der Waals surface area contributed by atoms with E-state index in [0.29, 0.717) is 11.3 Å². The van der Waals surface area contributed by atoms with Gasteiger partial charge in [-0.1, -0.05) is 78.5 Å². The predicted octanol–water partition coefficient (Wildman–Crippen LogP) is 7.10. The number of carbonyl (C=O) groups excluding carboxylic acids is 1. The molecule has 0 saturated heterocycles. The first-order valence-electron chi connectivity index (χ1n) is 11.7. The molecule has 0 saturated carbocycles. The van der Waals surface area contributed by atoms with E-state index in [1.807, 2.05) is 72.8 Å². The van der Waals surface area contributed by atoms with Gasteiger partial charge in [0.25, 0.3) is 5.91 Å². The van der Waals surface area contributed by atoms with E-state index in [2.05, 4.69) is 64.3 Å². The molecule has 4 aromatic carbocycles. The second kappa shape index (κ2) is 10.6. The highest BCUT2D eigenvalue weighted by molar-refractivity contribution is 7.98. The minimum absolute atomic E-state index is 0.123. The summed E-state index contributed by atoms with van der Waals surface area (Å²) in [6.07, 6.45) is 0. The monoisotopic (exact) mass is 490 g/mol. The quantitative estimate of drug-likeness (QED) is 0.247. The first-order chi connectivity index (χ1) is 17.6. The maximum atomic E-state index is 12.6. The Morgan fingerprint density at radius 3 is 2.19 bits per heavy atom. The number of nitrogens with one attached hydrogen (secondary N) is 1. The van der Waals surface area contributed by atoms with Crippen molar-refractivity contribution in [2.75, 3.05) is 5.32 Å². The molecule has 36 heavy (non-hydrogen) atoms. The number of carbonyl (C=O) groups is 1. The summed E-state index contributed by atoms with van der Waals surface area (Å²) in [5.74, 6) is 1.40. The van der Waals surface area contributed by atoms with Crippen LogP contribution >= 0.6 is 11.8 Å². The number of hydrogen-bond acceptors (Lipinski definition) is 4. The number of hydrogen-bond donors (Lipinski definition) is 1. The van der Waals surface area contributed by atoms with E-state index in [-0.39, 0.29) is 5.91 Å². The molecule has 1 N–H and O–H groups in total. The van der Waals surface area contributed by atoms with E-state index >= 15 is 0 Å². The summed E-state index contributed by atoms with van der Waals surface area (Å²) in [5, 5.41) is 12.8. The van der Waals surface area contributed by atoms with Crippen LogP contribution in [-0.2, 0) is 5.75 Å². The van der Waals surface area contributed by atoms with Crippen molar-refractivity contribution < 1.29 is 4.79 Å². The highest BCUT2D eigenvalue weighted by atomic mass is 32.2. The molecule has 0 unspecified atom stereocenters. The molecule has 0 bridgehead atoms. The third-order valence-corrected chi connectivity index (χ3v) is 7.03. The Bertz CT molecular complexity index is 1480. The molecule has 0 atom stereocenters. The number of nitrogens with zero attached hydrogens (tertiary/aromatic N) is 3. The lowest BCUT2D eigenvalue weighted by atomic mass is 10.1. The Morgan fingerprint density at radius 2 is 1.50 bits per heavy atom. The summed E-state index contributed by atoms with van der Waals surface area (Å²) in [7, 11) is 0. The normalized spacial score (nSPS) is 10.8. The summed E-state index contributed by atoms with van der Waals surface area (Å²) < 4.78 is 2.12. The van der Waals surface area contributed by atoms with Crippen LogP contribution < -0.4 is 5.32 Å². The molecule has 5 nitrogen and oxygen atoms in total. The summed E-state index contributed by atoms with van der Waals surface area (Å²) in [4.78, 5) is 12.6. The van der Waals surface area contributed by atoms with E-state index in [1.165, 1.54) is 11.1 Å². The maximum Gasteiger partial charge on any atom is 0.255 e. The van der Waals surface area contributed by atoms with Crippen LogP contribution in [0.2, 0.25) is 0 Å². The zero-order chi connectivity index (χ0) is 24.9. The molecule has 6 heteroatoms. The largest absolute Gasteiger partial charge is 0.322 e. The molecule has 5 aromatic rings. The molecule has 0 aliphatic carbocycles. The van der Waals surface area contributed by atoms with Crippen molar-refractivity contribution in [3.63, 3.8) is 0 Å². The molecule has 178 valence electrons. The zero-order valence-corrected chi connectivity index (χ0v) is 21.0. The van der Waals surface area contributed by atoms with Crippen LogP contribution in [0, 0.1) is 13.8 Å². The molecule has 0 aliphatic rings. The fourth-order valence-electron chi connectivity index (χ4n) is 3.86. The van der Waals surface area contributed by atoms with Crippen LogP contribution in [0.25, 0.3) is 17.1 Å². The average Bonchev–Trinajstić information content (AvgIpc) is 3.34. The van der Waals surface area contributed by atoms with Gasteiger partial charge < -0.3 is 5.32 Å². The van der Waals surface area contributed by atoms with Crippen LogP contribution in [0.15, 0.2) is 108 Å². The van der Waals surface area contributed by atoms with Crippen LogP contribution in [0.4, 0.5) is 5.69 Å². The van der Waals surface area contributed by atoms with Crippen molar-refractivity contribution in [1.82, 2.24) is 14.8 Å². The predicted molar refractivity (Wildman–Crippen MR) is 147 cm³/mol. The van der Waals surface area contributed by atoms with Crippen molar-refractivity contribution in [3.8, 4) is 17.1 Å². The van der Waals surface area contributed by atoms with Gasteiger partial charge in [-0.05, 0) is 66.9 Å². The fourth-order valence-corrected chi connectivity index (χ4v) is 4.77. The number of para-hydroxylation sites is 1. The molecule has 1 amide bonds. The summed E-state index contributed by atoms with van der Waals surface area (Å²) >= 11 is 1.63. The molecule has 0 radical (unpaired) electrons. The highest BCUT2D eigenvalue weighted by Gasteiger charge is 2.17. The third kappa shape index (κ3) is 5.24. The minimum atomic E-state index is -0.123. The molecule has 0 aliphatic heterocycles. The van der Waals surface area contributed by atoms with Crippen molar-refractivity contribution in [2.45, 2.75) is 24.8 Å². The second-order valence-electron chi connectivity index (χ2n) is 8.58. The van der Waals surface area contributed by atoms with Gasteiger partial charge in [-0.2, -0.15) is 0 Å². The number of aryl methyl sites for hydroxylation is 2. The highest BCUT2D eigenvalue weighted by Crippen LogP contribution is 2.30. The average molecular weight is 491 g/mol. The van der Waals surface area contributed by atoms with E-state index in [1.54, 1.807) is 11.8 Å². The number of aromatic nitrogens is 3. The Morgan fingerprint density at radius 1 is 0.806 bits per heavy atom. The van der Waals surface area contributed by atoms with Gasteiger partial charge >= 0.3 is 0 Å². The maximum absolute atomic E-state index is 12.6. The fraction of sp³-hybridized carbons (Fsp3) is 0.100. The molecule has 0 spiro atoms. The molecule has 5 rings (SSSR count). The van der Waals surface area contributed by atoms with E-state index < -0.39 is 0 Å². The van der Waals surface area contributed by atoms with Gasteiger partial charge in [0.15, 0.2) is 11.0 Å². The lowest BCUT2D eigenvalue weighted by molar-refractivity contribution is 0.102. The summed E-state index contributed by atoms with van der Waals surface area (Å²) in [6.45, 7) is 4.23. The van der Waals surface area contributed by atoms with Crippen molar-refractivity contribution >= 4 is 23.4 Å². The molecular formula is C30H26N4OS. The van der Waals surface area contributed by atoms with E-state index in [0.717, 1.165) is 33.5 Å². The SMILES string of the molecule is Cc1ccc(-n2c(SCc3ccc(C(=O)Nc4ccccc4)cc3)nnc2-c2ccccc2)cc1C. The van der Waals surface area contributed by atoms with E-state index in [4.69, 9.17) is 0 Å². The molecular weight excluding hydrogens is 464 g/mol. The smallest absolute Gasteiger partial charge is 0.255 e. The van der Waals surface area contributed by atoms with Crippen LogP contribution in [-0.4, -0.2) is 20.7 Å². The van der Waals surface area contributed by atoms with Crippen molar-refractivity contribution in [2.24, 2.45) is 0 Å². The van der Waals surface area contributed by atoms with Crippen molar-refractivity contribution in [1.29, 1.82) is 0 Å². The number of amides is 1. The lowest BCUT2D eigenvalue weighted by Crippen LogP contribution is -2.11. The van der Waals surface area contributed by atoms with Crippen LogP contribution in [0.1, 0.15) is 27.0 Å². The van der Waals surface area contributed by atoms with Gasteiger partial charge in [0, 0.05) is 22.6 Å². The van der Waals surface area contributed by atoms with Gasteiger partial charge in [0.2, 0.25) is 0 Å². The number of anilines is 1. The summed E-state index contributed by atoms with van der Waals surface area (Å²) in [6, 6.07) is 33.7. The van der Waals surface area contributed by atoms with Gasteiger partial charge in [-0.25, -0.2) is 0 Å². The molecule has 0 fully saturated rings. The topological polar surface area (TPSA) is 59.8 Å². The van der Waals surface area contributed by atoms with Crippen molar-refractivity contribution in [3.05, 3.63) is 125 Å². The standard InChI is InChI=1S/C30H26N4OS/c1-21-13-18-27(19-22(21)2)34-28(24-9-5-3-6-10-24)32-33-30(34)36-20-23-14-16-25(17-15-23)29(35)31-26-11-7-4-8-12-26/h3-19H,20H2,1-2H3,(H,31,35). The van der Waals surface area contributed by atoms with Gasteiger partial charge in [-0.15, -0.1) is 10.2 Å². The van der Waals surface area contributed by atoms with Gasteiger partial charge in [-0.3, -0.25) is 9.36 Å². The molecule has 1 heterocycles. The third-order valence-electron chi connectivity index (χ3n) is 6.03. The Kier molecular flexibility index (Phi) is 6.96. The minimum Gasteiger partial charge on any atom is -0.322 e. The number of rotatable bonds is 7. The first-order valence-corrected chi connectivity index (χ1v) is 12.7. The second-order valence-corrected chi connectivity index (χ2v) is 9.52. The summed E-state index contributed by atoms with van der Waals surface area (Å²) in [5.41, 5.74) is 7.03. The Balaban J connectivity index is 1.36. The van der Waals surface area contributed by atoms with Crippen LogP contribution in [0.5, 0.6) is 0 Å². The Hall–Kier alpha value is -4.16. The zero-order valence-electron chi connectivity index (χ0n) is 20.2. The number of thioether (sulfide) groups is 1.